The molecular formula is C12H22O4S. The Morgan fingerprint density at radius 2 is 1.76 bits per heavy atom. The molecule has 0 amide bonds. The molecule has 0 bridgehead atoms. The molecule has 0 aromatic carbocycles. The highest BCUT2D eigenvalue weighted by Gasteiger charge is 2.26. The fourth-order valence-corrected chi connectivity index (χ4v) is 1.08. The van der Waals surface area contributed by atoms with Crippen LogP contribution in [0.3, 0.4) is 0 Å². The van der Waals surface area contributed by atoms with Crippen molar-refractivity contribution in [2.45, 2.75) is 45.8 Å². The quantitative estimate of drug-likeness (QED) is 0.434. The normalized spacial score (nSPS) is 13.0. The van der Waals surface area contributed by atoms with Gasteiger partial charge < -0.3 is 9.47 Å². The van der Waals surface area contributed by atoms with E-state index in [2.05, 4.69) is 12.6 Å². The Kier molecular flexibility index (Phi) is 7.27. The van der Waals surface area contributed by atoms with E-state index in [1.807, 2.05) is 27.7 Å². The first kappa shape index (κ1) is 16.3. The number of thiol groups is 1. The summed E-state index contributed by atoms with van der Waals surface area (Å²) in [7, 11) is 0. The second-order valence-corrected chi connectivity index (χ2v) is 5.53. The highest BCUT2D eigenvalue weighted by Crippen LogP contribution is 2.21. The molecule has 4 nitrogen and oxygen atoms in total. The minimum absolute atomic E-state index is 0.0240. The number of carbonyl (C=O) groups is 2. The second-order valence-electron chi connectivity index (χ2n) is 4.65. The molecule has 0 fully saturated rings. The van der Waals surface area contributed by atoms with Gasteiger partial charge in [0.15, 0.2) is 0 Å². The molecule has 0 aromatic rings. The Labute approximate surface area is 108 Å². The highest BCUT2D eigenvalue weighted by molar-refractivity contribution is 7.80. The Bertz CT molecular complexity index is 261. The predicted molar refractivity (Wildman–Crippen MR) is 69.1 cm³/mol. The molecule has 0 aliphatic heterocycles. The summed E-state index contributed by atoms with van der Waals surface area (Å²) in [5.41, 5.74) is -0.483. The fourth-order valence-electron chi connectivity index (χ4n) is 0.930. The molecule has 1 unspecified atom stereocenters. The van der Waals surface area contributed by atoms with E-state index in [0.29, 0.717) is 6.42 Å². The van der Waals surface area contributed by atoms with Crippen LogP contribution in [0.15, 0.2) is 0 Å². The standard InChI is InChI=1S/C12H22O4S/c1-5-12(3,4)11(14)16-7-6-15-10(13)8-9(2)17/h9,17H,5-8H2,1-4H3. The van der Waals surface area contributed by atoms with Crippen LogP contribution in [-0.2, 0) is 19.1 Å². The van der Waals surface area contributed by atoms with E-state index in [0.717, 1.165) is 0 Å². The predicted octanol–water partition coefficient (Wildman–Crippen LogP) is 2.22. The third kappa shape index (κ3) is 7.26. The van der Waals surface area contributed by atoms with Crippen molar-refractivity contribution < 1.29 is 19.1 Å². The summed E-state index contributed by atoms with van der Waals surface area (Å²) in [5.74, 6) is -0.586. The Morgan fingerprint density at radius 3 is 2.24 bits per heavy atom. The number of ether oxygens (including phenoxy) is 2. The lowest BCUT2D eigenvalue weighted by Crippen LogP contribution is -2.27. The van der Waals surface area contributed by atoms with Gasteiger partial charge >= 0.3 is 11.9 Å². The minimum Gasteiger partial charge on any atom is -0.462 e. The van der Waals surface area contributed by atoms with Gasteiger partial charge in [-0.2, -0.15) is 12.6 Å². The highest BCUT2D eigenvalue weighted by atomic mass is 32.1. The van der Waals surface area contributed by atoms with E-state index in [-0.39, 0.29) is 36.8 Å². The van der Waals surface area contributed by atoms with Crippen molar-refractivity contribution in [2.75, 3.05) is 13.2 Å². The summed E-state index contributed by atoms with van der Waals surface area (Å²) in [6.45, 7) is 7.59. The lowest BCUT2D eigenvalue weighted by atomic mass is 9.91. The second kappa shape index (κ2) is 7.58. The van der Waals surface area contributed by atoms with Crippen LogP contribution in [0.25, 0.3) is 0 Å². The van der Waals surface area contributed by atoms with Gasteiger partial charge in [-0.25, -0.2) is 0 Å². The zero-order chi connectivity index (χ0) is 13.5. The van der Waals surface area contributed by atoms with Crippen molar-refractivity contribution in [1.29, 1.82) is 0 Å². The van der Waals surface area contributed by atoms with Crippen molar-refractivity contribution in [1.82, 2.24) is 0 Å². The van der Waals surface area contributed by atoms with Gasteiger partial charge in [0.25, 0.3) is 0 Å². The molecule has 0 aliphatic carbocycles. The SMILES string of the molecule is CCC(C)(C)C(=O)OCCOC(=O)CC(C)S. The zero-order valence-electron chi connectivity index (χ0n) is 11.0. The zero-order valence-corrected chi connectivity index (χ0v) is 11.9. The third-order valence-corrected chi connectivity index (χ3v) is 2.66. The summed E-state index contributed by atoms with van der Waals surface area (Å²) in [4.78, 5) is 22.7. The van der Waals surface area contributed by atoms with Gasteiger partial charge in [-0.1, -0.05) is 13.8 Å². The topological polar surface area (TPSA) is 52.6 Å². The van der Waals surface area contributed by atoms with Crippen LogP contribution in [-0.4, -0.2) is 30.4 Å². The van der Waals surface area contributed by atoms with Gasteiger partial charge in [0, 0.05) is 5.25 Å². The first-order valence-electron chi connectivity index (χ1n) is 5.80. The first-order valence-corrected chi connectivity index (χ1v) is 6.32. The van der Waals surface area contributed by atoms with Gasteiger partial charge in [0.05, 0.1) is 11.8 Å². The first-order chi connectivity index (χ1) is 7.79. The number of esters is 2. The van der Waals surface area contributed by atoms with E-state index in [9.17, 15) is 9.59 Å². The summed E-state index contributed by atoms with van der Waals surface area (Å²) in [6.07, 6.45) is 0.973. The molecular weight excluding hydrogens is 240 g/mol. The average Bonchev–Trinajstić information content (AvgIpc) is 2.23. The van der Waals surface area contributed by atoms with Crippen LogP contribution in [0.4, 0.5) is 0 Å². The maximum atomic E-state index is 11.5. The van der Waals surface area contributed by atoms with E-state index in [1.54, 1.807) is 0 Å². The molecule has 5 heteroatoms. The number of hydrogen-bond acceptors (Lipinski definition) is 5. The summed E-state index contributed by atoms with van der Waals surface area (Å²) < 4.78 is 9.90. The summed E-state index contributed by atoms with van der Waals surface area (Å²) in [5, 5.41) is -0.0240. The fraction of sp³-hybridized carbons (Fsp3) is 0.833. The Hall–Kier alpha value is -0.710. The molecule has 0 heterocycles. The van der Waals surface area contributed by atoms with Gasteiger partial charge in [0.2, 0.25) is 0 Å². The molecule has 1 atom stereocenters. The monoisotopic (exact) mass is 262 g/mol. The molecule has 100 valence electrons. The summed E-state index contributed by atoms with van der Waals surface area (Å²) >= 11 is 4.08. The van der Waals surface area contributed by atoms with E-state index >= 15 is 0 Å². The molecule has 17 heavy (non-hydrogen) atoms. The van der Waals surface area contributed by atoms with Gasteiger partial charge in [-0.3, -0.25) is 9.59 Å². The lowest BCUT2D eigenvalue weighted by Gasteiger charge is -2.20. The summed E-state index contributed by atoms with van der Waals surface area (Å²) in [6, 6.07) is 0. The van der Waals surface area contributed by atoms with Crippen LogP contribution in [0, 0.1) is 5.41 Å². The third-order valence-electron chi connectivity index (χ3n) is 2.48. The van der Waals surface area contributed by atoms with Crippen LogP contribution in [0.2, 0.25) is 0 Å². The largest absolute Gasteiger partial charge is 0.462 e. The number of carbonyl (C=O) groups excluding carboxylic acids is 2. The van der Waals surface area contributed by atoms with Gasteiger partial charge in [-0.05, 0) is 20.3 Å². The number of hydrogen-bond donors (Lipinski definition) is 1. The smallest absolute Gasteiger partial charge is 0.311 e. The molecule has 0 spiro atoms. The molecule has 0 radical (unpaired) electrons. The Morgan fingerprint density at radius 1 is 1.24 bits per heavy atom. The molecule has 0 aliphatic rings. The molecule has 0 saturated carbocycles. The minimum atomic E-state index is -0.483. The van der Waals surface area contributed by atoms with Crippen LogP contribution in [0.5, 0.6) is 0 Å². The van der Waals surface area contributed by atoms with E-state index in [4.69, 9.17) is 9.47 Å². The molecule has 0 saturated heterocycles. The van der Waals surface area contributed by atoms with E-state index < -0.39 is 5.41 Å². The maximum absolute atomic E-state index is 11.5. The van der Waals surface area contributed by atoms with Gasteiger partial charge in [0.1, 0.15) is 13.2 Å². The van der Waals surface area contributed by atoms with Crippen molar-refractivity contribution in [3.05, 3.63) is 0 Å². The molecule has 0 rings (SSSR count). The molecule has 0 aromatic heterocycles. The lowest BCUT2D eigenvalue weighted by molar-refractivity contribution is -0.159. The Balaban J connectivity index is 3.72. The van der Waals surface area contributed by atoms with Crippen molar-refractivity contribution >= 4 is 24.6 Å². The van der Waals surface area contributed by atoms with Crippen LogP contribution >= 0.6 is 12.6 Å². The number of rotatable bonds is 7. The van der Waals surface area contributed by atoms with Gasteiger partial charge in [-0.15, -0.1) is 0 Å². The van der Waals surface area contributed by atoms with Crippen LogP contribution in [0.1, 0.15) is 40.5 Å². The molecule has 0 N–H and O–H groups in total. The van der Waals surface area contributed by atoms with Crippen molar-refractivity contribution in [3.63, 3.8) is 0 Å². The van der Waals surface area contributed by atoms with Crippen molar-refractivity contribution in [2.24, 2.45) is 5.41 Å². The average molecular weight is 262 g/mol. The maximum Gasteiger partial charge on any atom is 0.311 e. The van der Waals surface area contributed by atoms with Crippen molar-refractivity contribution in [3.8, 4) is 0 Å². The van der Waals surface area contributed by atoms with Crippen LogP contribution < -0.4 is 0 Å². The van der Waals surface area contributed by atoms with E-state index in [1.165, 1.54) is 0 Å².